The molecule has 2 rings (SSSR count). The fourth-order valence-electron chi connectivity index (χ4n) is 3.60. The van der Waals surface area contributed by atoms with Gasteiger partial charge in [-0.3, -0.25) is 9.80 Å². The van der Waals surface area contributed by atoms with Gasteiger partial charge in [0, 0.05) is 37.8 Å². The van der Waals surface area contributed by atoms with E-state index in [1.807, 2.05) is 0 Å². The lowest BCUT2D eigenvalue weighted by molar-refractivity contribution is 0.0483. The number of nitrogens with zero attached hydrogens (tertiary/aromatic N) is 2. The van der Waals surface area contributed by atoms with Gasteiger partial charge in [-0.05, 0) is 45.2 Å². The lowest BCUT2D eigenvalue weighted by Crippen LogP contribution is -2.58. The average Bonchev–Trinajstić information content (AvgIpc) is 2.81. The molecule has 2 saturated heterocycles. The van der Waals surface area contributed by atoms with Crippen LogP contribution in [-0.4, -0.2) is 60.6 Å². The quantitative estimate of drug-likeness (QED) is 0.796. The van der Waals surface area contributed by atoms with Gasteiger partial charge in [-0.25, -0.2) is 0 Å². The Bertz CT molecular complexity index is 267. The molecule has 2 fully saturated rings. The maximum atomic E-state index is 3.74. The second-order valence-electron chi connectivity index (χ2n) is 6.90. The van der Waals surface area contributed by atoms with Crippen molar-refractivity contribution in [1.29, 1.82) is 0 Å². The van der Waals surface area contributed by atoms with Crippen LogP contribution in [0, 0.1) is 5.92 Å². The van der Waals surface area contributed by atoms with Gasteiger partial charge in [-0.1, -0.05) is 20.8 Å². The lowest BCUT2D eigenvalue weighted by atomic mass is 10.0. The van der Waals surface area contributed by atoms with Crippen molar-refractivity contribution in [3.63, 3.8) is 0 Å². The van der Waals surface area contributed by atoms with E-state index in [1.165, 1.54) is 45.4 Å². The molecule has 1 N–H and O–H groups in total. The van der Waals surface area contributed by atoms with Gasteiger partial charge >= 0.3 is 0 Å². The molecule has 112 valence electrons. The Morgan fingerprint density at radius 2 is 2.05 bits per heavy atom. The Kier molecular flexibility index (Phi) is 5.67. The maximum absolute atomic E-state index is 3.74. The third-order valence-electron chi connectivity index (χ3n) is 4.96. The minimum Gasteiger partial charge on any atom is -0.312 e. The molecule has 0 aromatic heterocycles. The highest BCUT2D eigenvalue weighted by atomic mass is 15.3. The first kappa shape index (κ1) is 15.3. The highest BCUT2D eigenvalue weighted by molar-refractivity contribution is 4.92. The van der Waals surface area contributed by atoms with Crippen LogP contribution in [-0.2, 0) is 0 Å². The zero-order chi connectivity index (χ0) is 13.8. The van der Waals surface area contributed by atoms with Crippen LogP contribution in [0.2, 0.25) is 0 Å². The van der Waals surface area contributed by atoms with Crippen molar-refractivity contribution >= 4 is 0 Å². The summed E-state index contributed by atoms with van der Waals surface area (Å²) in [6.45, 7) is 15.7. The van der Waals surface area contributed by atoms with Gasteiger partial charge in [0.2, 0.25) is 0 Å². The summed E-state index contributed by atoms with van der Waals surface area (Å²) in [4.78, 5) is 5.45. The van der Waals surface area contributed by atoms with Crippen molar-refractivity contribution in [2.24, 2.45) is 5.92 Å². The molecular formula is C16H33N3. The Balaban J connectivity index is 1.88. The highest BCUT2D eigenvalue weighted by Crippen LogP contribution is 2.25. The minimum absolute atomic E-state index is 0.648. The topological polar surface area (TPSA) is 18.5 Å². The zero-order valence-corrected chi connectivity index (χ0v) is 13.4. The van der Waals surface area contributed by atoms with Gasteiger partial charge in [0.15, 0.2) is 0 Å². The van der Waals surface area contributed by atoms with Gasteiger partial charge in [-0.15, -0.1) is 0 Å². The van der Waals surface area contributed by atoms with Crippen molar-refractivity contribution in [2.45, 2.75) is 65.1 Å². The van der Waals surface area contributed by atoms with E-state index >= 15 is 0 Å². The van der Waals surface area contributed by atoms with E-state index in [9.17, 15) is 0 Å². The monoisotopic (exact) mass is 267 g/mol. The van der Waals surface area contributed by atoms with Gasteiger partial charge in [0.05, 0.1) is 0 Å². The molecule has 0 amide bonds. The predicted octanol–water partition coefficient (Wildman–Crippen LogP) is 2.18. The Labute approximate surface area is 119 Å². The highest BCUT2D eigenvalue weighted by Gasteiger charge is 2.35. The summed E-state index contributed by atoms with van der Waals surface area (Å²) in [7, 11) is 0. The summed E-state index contributed by atoms with van der Waals surface area (Å²) in [6, 6.07) is 2.21. The van der Waals surface area contributed by atoms with E-state index in [0.29, 0.717) is 6.04 Å². The molecule has 2 heterocycles. The second-order valence-corrected chi connectivity index (χ2v) is 6.90. The van der Waals surface area contributed by atoms with E-state index in [0.717, 1.165) is 24.5 Å². The van der Waals surface area contributed by atoms with Crippen LogP contribution in [0.3, 0.4) is 0 Å². The fourth-order valence-corrected chi connectivity index (χ4v) is 3.60. The summed E-state index contributed by atoms with van der Waals surface area (Å²) in [5, 5.41) is 3.74. The molecular weight excluding hydrogens is 234 g/mol. The smallest absolute Gasteiger partial charge is 0.0224 e. The first-order chi connectivity index (χ1) is 9.11. The summed E-state index contributed by atoms with van der Waals surface area (Å²) in [6.07, 6.45) is 4.06. The Morgan fingerprint density at radius 3 is 2.74 bits per heavy atom. The molecule has 0 saturated carbocycles. The molecule has 3 unspecified atom stereocenters. The minimum atomic E-state index is 0.648. The van der Waals surface area contributed by atoms with Crippen LogP contribution in [0.15, 0.2) is 0 Å². The maximum Gasteiger partial charge on any atom is 0.0224 e. The molecule has 2 aliphatic rings. The molecule has 0 bridgehead atoms. The number of piperazine rings is 1. The number of nitrogens with one attached hydrogen (secondary N) is 1. The summed E-state index contributed by atoms with van der Waals surface area (Å²) >= 11 is 0. The molecule has 2 aliphatic heterocycles. The second kappa shape index (κ2) is 7.05. The fraction of sp³-hybridized carbons (Fsp3) is 1.00. The van der Waals surface area contributed by atoms with Crippen LogP contribution in [0.5, 0.6) is 0 Å². The lowest BCUT2D eigenvalue weighted by Gasteiger charge is -2.44. The van der Waals surface area contributed by atoms with Gasteiger partial charge in [-0.2, -0.15) is 0 Å². The molecule has 3 heteroatoms. The Morgan fingerprint density at radius 1 is 1.26 bits per heavy atom. The van der Waals surface area contributed by atoms with Crippen molar-refractivity contribution < 1.29 is 0 Å². The van der Waals surface area contributed by atoms with E-state index in [2.05, 4.69) is 42.8 Å². The van der Waals surface area contributed by atoms with Crippen LogP contribution in [0.1, 0.15) is 47.0 Å². The van der Waals surface area contributed by atoms with Crippen molar-refractivity contribution in [3.8, 4) is 0 Å². The van der Waals surface area contributed by atoms with Crippen molar-refractivity contribution in [3.05, 3.63) is 0 Å². The molecule has 3 nitrogen and oxygen atoms in total. The van der Waals surface area contributed by atoms with Gasteiger partial charge < -0.3 is 5.32 Å². The average molecular weight is 267 g/mol. The molecule has 0 radical (unpaired) electrons. The van der Waals surface area contributed by atoms with E-state index in [4.69, 9.17) is 0 Å². The standard InChI is InChI=1S/C16H33N3/c1-5-8-17-16(13(2)3)12-19-11-15-7-6-9-18(15)10-14(19)4/h13-17H,5-12H2,1-4H3. The number of hydrogen-bond acceptors (Lipinski definition) is 3. The van der Waals surface area contributed by atoms with Gasteiger partial charge in [0.1, 0.15) is 0 Å². The third kappa shape index (κ3) is 3.93. The van der Waals surface area contributed by atoms with Crippen LogP contribution < -0.4 is 5.32 Å². The predicted molar refractivity (Wildman–Crippen MR) is 82.5 cm³/mol. The SMILES string of the molecule is CCCNC(CN1CC2CCCN2CC1C)C(C)C. The number of rotatable bonds is 6. The first-order valence-electron chi connectivity index (χ1n) is 8.33. The van der Waals surface area contributed by atoms with Crippen molar-refractivity contribution in [2.75, 3.05) is 32.7 Å². The van der Waals surface area contributed by atoms with E-state index in [-0.39, 0.29) is 0 Å². The zero-order valence-electron chi connectivity index (χ0n) is 13.4. The van der Waals surface area contributed by atoms with Crippen LogP contribution in [0.4, 0.5) is 0 Å². The van der Waals surface area contributed by atoms with E-state index < -0.39 is 0 Å². The molecule has 19 heavy (non-hydrogen) atoms. The molecule has 0 aromatic rings. The Hall–Kier alpha value is -0.120. The molecule has 0 aromatic carbocycles. The third-order valence-corrected chi connectivity index (χ3v) is 4.96. The summed E-state index contributed by atoms with van der Waals surface area (Å²) in [5.74, 6) is 0.723. The first-order valence-corrected chi connectivity index (χ1v) is 8.33. The van der Waals surface area contributed by atoms with Crippen molar-refractivity contribution in [1.82, 2.24) is 15.1 Å². The number of fused-ring (bicyclic) bond motifs is 1. The largest absolute Gasteiger partial charge is 0.312 e. The molecule has 3 atom stereocenters. The van der Waals surface area contributed by atoms with E-state index in [1.54, 1.807) is 0 Å². The number of hydrogen-bond donors (Lipinski definition) is 1. The summed E-state index contributed by atoms with van der Waals surface area (Å²) < 4.78 is 0. The molecule has 0 spiro atoms. The van der Waals surface area contributed by atoms with Crippen LogP contribution >= 0.6 is 0 Å². The normalized spacial score (nSPS) is 30.8. The summed E-state index contributed by atoms with van der Waals surface area (Å²) in [5.41, 5.74) is 0. The van der Waals surface area contributed by atoms with Gasteiger partial charge in [0.25, 0.3) is 0 Å². The molecule has 0 aliphatic carbocycles. The van der Waals surface area contributed by atoms with Crippen LogP contribution in [0.25, 0.3) is 0 Å².